The summed E-state index contributed by atoms with van der Waals surface area (Å²) in [6.45, 7) is 1.83. The molecule has 0 fully saturated rings. The summed E-state index contributed by atoms with van der Waals surface area (Å²) in [5.74, 6) is 0. The molecule has 0 amide bonds. The van der Waals surface area contributed by atoms with Crippen LogP contribution in [0.3, 0.4) is 0 Å². The van der Waals surface area contributed by atoms with Gasteiger partial charge in [-0.2, -0.15) is 0 Å². The summed E-state index contributed by atoms with van der Waals surface area (Å²) >= 11 is 0. The molecule has 0 aliphatic rings. The highest BCUT2D eigenvalue weighted by molar-refractivity contribution is 5.14. The van der Waals surface area contributed by atoms with Gasteiger partial charge in [0, 0.05) is 38.1 Å². The van der Waals surface area contributed by atoms with Crippen LogP contribution in [-0.2, 0) is 13.0 Å². The van der Waals surface area contributed by atoms with Crippen LogP contribution >= 0.6 is 0 Å². The number of hydrogen-bond acceptors (Lipinski definition) is 3. The third-order valence-electron chi connectivity index (χ3n) is 2.35. The van der Waals surface area contributed by atoms with Crippen molar-refractivity contribution in [1.82, 2.24) is 15.3 Å². The Hall–Kier alpha value is -1.74. The lowest BCUT2D eigenvalue weighted by Crippen LogP contribution is -2.17. The number of rotatable bonds is 5. The molecule has 1 N–H and O–H groups in total. The normalized spacial score (nSPS) is 10.2. The highest BCUT2D eigenvalue weighted by Gasteiger charge is 1.94. The fourth-order valence-electron chi connectivity index (χ4n) is 1.50. The van der Waals surface area contributed by atoms with Gasteiger partial charge in [-0.1, -0.05) is 30.3 Å². The average Bonchev–Trinajstić information content (AvgIpc) is 2.37. The molecule has 16 heavy (non-hydrogen) atoms. The van der Waals surface area contributed by atoms with Crippen LogP contribution in [0, 0.1) is 0 Å². The molecule has 0 saturated heterocycles. The van der Waals surface area contributed by atoms with Crippen molar-refractivity contribution < 1.29 is 0 Å². The van der Waals surface area contributed by atoms with Crippen LogP contribution in [0.15, 0.2) is 48.9 Å². The van der Waals surface area contributed by atoms with Crippen molar-refractivity contribution in [2.75, 3.05) is 6.54 Å². The molecular weight excluding hydrogens is 198 g/mol. The van der Waals surface area contributed by atoms with Gasteiger partial charge in [0.2, 0.25) is 0 Å². The third kappa shape index (κ3) is 3.44. The Morgan fingerprint density at radius 2 is 1.94 bits per heavy atom. The van der Waals surface area contributed by atoms with Crippen LogP contribution in [0.4, 0.5) is 0 Å². The number of hydrogen-bond donors (Lipinski definition) is 1. The van der Waals surface area contributed by atoms with Crippen molar-refractivity contribution in [3.63, 3.8) is 0 Å². The Morgan fingerprint density at radius 1 is 1.06 bits per heavy atom. The zero-order valence-corrected chi connectivity index (χ0v) is 9.13. The van der Waals surface area contributed by atoms with Crippen molar-refractivity contribution >= 4 is 0 Å². The topological polar surface area (TPSA) is 37.8 Å². The first kappa shape index (κ1) is 10.8. The number of nitrogens with zero attached hydrogens (tertiary/aromatic N) is 2. The molecule has 0 aliphatic heterocycles. The minimum Gasteiger partial charge on any atom is -0.312 e. The van der Waals surface area contributed by atoms with E-state index in [1.807, 2.05) is 12.3 Å². The fraction of sp³-hybridized carbons (Fsp3) is 0.231. The predicted octanol–water partition coefficient (Wildman–Crippen LogP) is 1.81. The first-order valence-electron chi connectivity index (χ1n) is 5.45. The smallest absolute Gasteiger partial charge is 0.0599 e. The van der Waals surface area contributed by atoms with Crippen molar-refractivity contribution in [2.45, 2.75) is 13.0 Å². The summed E-state index contributed by atoms with van der Waals surface area (Å²) in [4.78, 5) is 8.25. The average molecular weight is 213 g/mol. The second-order valence-corrected chi connectivity index (χ2v) is 3.61. The second-order valence-electron chi connectivity index (χ2n) is 3.61. The first-order chi connectivity index (χ1) is 7.95. The second kappa shape index (κ2) is 5.98. The van der Waals surface area contributed by atoms with Gasteiger partial charge >= 0.3 is 0 Å². The van der Waals surface area contributed by atoms with Gasteiger partial charge < -0.3 is 5.32 Å². The summed E-state index contributed by atoms with van der Waals surface area (Å²) in [7, 11) is 0. The molecule has 82 valence electrons. The zero-order valence-electron chi connectivity index (χ0n) is 9.13. The van der Waals surface area contributed by atoms with Gasteiger partial charge in [-0.25, -0.2) is 0 Å². The fourth-order valence-corrected chi connectivity index (χ4v) is 1.50. The lowest BCUT2D eigenvalue weighted by atomic mass is 10.2. The molecule has 0 aliphatic carbocycles. The van der Waals surface area contributed by atoms with E-state index in [4.69, 9.17) is 0 Å². The molecule has 2 rings (SSSR count). The quantitative estimate of drug-likeness (QED) is 0.770. The van der Waals surface area contributed by atoms with Crippen LogP contribution in [0.1, 0.15) is 11.3 Å². The van der Waals surface area contributed by atoms with E-state index in [9.17, 15) is 0 Å². The van der Waals surface area contributed by atoms with Gasteiger partial charge in [0.25, 0.3) is 0 Å². The lowest BCUT2D eigenvalue weighted by molar-refractivity contribution is 0.678. The Bertz CT molecular complexity index is 359. The van der Waals surface area contributed by atoms with E-state index in [0.717, 1.165) is 25.2 Å². The molecule has 1 heterocycles. The van der Waals surface area contributed by atoms with E-state index in [2.05, 4.69) is 39.6 Å². The zero-order chi connectivity index (χ0) is 11.1. The van der Waals surface area contributed by atoms with E-state index >= 15 is 0 Å². The minimum absolute atomic E-state index is 0.904. The minimum atomic E-state index is 0.904. The van der Waals surface area contributed by atoms with Gasteiger partial charge in [0.05, 0.1) is 5.69 Å². The Morgan fingerprint density at radius 3 is 2.69 bits per heavy atom. The predicted molar refractivity (Wildman–Crippen MR) is 63.9 cm³/mol. The van der Waals surface area contributed by atoms with Crippen molar-refractivity contribution in [2.24, 2.45) is 0 Å². The maximum Gasteiger partial charge on any atom is 0.0599 e. The Balaban J connectivity index is 1.70. The summed E-state index contributed by atoms with van der Waals surface area (Å²) in [5, 5.41) is 3.38. The standard InChI is InChI=1S/C13H15N3/c1-2-4-12(5-3-1)10-14-7-6-13-11-15-8-9-16-13/h1-5,8-9,11,14H,6-7,10H2. The molecule has 0 spiro atoms. The molecule has 0 unspecified atom stereocenters. The summed E-state index contributed by atoms with van der Waals surface area (Å²) in [6, 6.07) is 10.4. The first-order valence-corrected chi connectivity index (χ1v) is 5.45. The SMILES string of the molecule is c1ccc(CNCCc2cnccn2)cc1. The highest BCUT2D eigenvalue weighted by atomic mass is 14.9. The van der Waals surface area contributed by atoms with Crippen LogP contribution in [0.25, 0.3) is 0 Å². The number of aromatic nitrogens is 2. The molecule has 0 radical (unpaired) electrons. The third-order valence-corrected chi connectivity index (χ3v) is 2.35. The number of nitrogens with one attached hydrogen (secondary N) is 1. The van der Waals surface area contributed by atoms with Gasteiger partial charge in [-0.3, -0.25) is 9.97 Å². The molecule has 0 atom stereocenters. The molecule has 3 nitrogen and oxygen atoms in total. The molecule has 1 aromatic heterocycles. The lowest BCUT2D eigenvalue weighted by Gasteiger charge is -2.04. The van der Waals surface area contributed by atoms with Gasteiger partial charge in [0.15, 0.2) is 0 Å². The summed E-state index contributed by atoms with van der Waals surface area (Å²) < 4.78 is 0. The Labute approximate surface area is 95.6 Å². The molecule has 0 saturated carbocycles. The van der Waals surface area contributed by atoms with E-state index < -0.39 is 0 Å². The molecule has 3 heteroatoms. The summed E-state index contributed by atoms with van der Waals surface area (Å²) in [6.07, 6.45) is 6.15. The maximum atomic E-state index is 4.22. The number of benzene rings is 1. The molecule has 0 bridgehead atoms. The van der Waals surface area contributed by atoms with Gasteiger partial charge in [-0.15, -0.1) is 0 Å². The Kier molecular flexibility index (Phi) is 4.02. The largest absolute Gasteiger partial charge is 0.312 e. The van der Waals surface area contributed by atoms with E-state index in [1.54, 1.807) is 12.4 Å². The van der Waals surface area contributed by atoms with Crippen molar-refractivity contribution in [3.8, 4) is 0 Å². The molecule has 2 aromatic rings. The van der Waals surface area contributed by atoms with Crippen LogP contribution in [-0.4, -0.2) is 16.5 Å². The van der Waals surface area contributed by atoms with Crippen molar-refractivity contribution in [1.29, 1.82) is 0 Å². The van der Waals surface area contributed by atoms with E-state index in [1.165, 1.54) is 5.56 Å². The van der Waals surface area contributed by atoms with Gasteiger partial charge in [0.1, 0.15) is 0 Å². The van der Waals surface area contributed by atoms with Gasteiger partial charge in [-0.05, 0) is 5.56 Å². The monoisotopic (exact) mass is 213 g/mol. The summed E-state index contributed by atoms with van der Waals surface area (Å²) in [5.41, 5.74) is 2.34. The van der Waals surface area contributed by atoms with E-state index in [-0.39, 0.29) is 0 Å². The maximum absolute atomic E-state index is 4.22. The van der Waals surface area contributed by atoms with Crippen LogP contribution in [0.5, 0.6) is 0 Å². The molecular formula is C13H15N3. The van der Waals surface area contributed by atoms with Crippen molar-refractivity contribution in [3.05, 3.63) is 60.2 Å². The van der Waals surface area contributed by atoms with Crippen LogP contribution < -0.4 is 5.32 Å². The van der Waals surface area contributed by atoms with Crippen LogP contribution in [0.2, 0.25) is 0 Å². The molecule has 1 aromatic carbocycles. The highest BCUT2D eigenvalue weighted by Crippen LogP contribution is 1.97. The van der Waals surface area contributed by atoms with E-state index in [0.29, 0.717) is 0 Å².